The first-order valence-electron chi connectivity index (χ1n) is 0.676. The Balaban J connectivity index is 2.55. The molecule has 0 unspecified atom stereocenters. The summed E-state index contributed by atoms with van der Waals surface area (Å²) >= 11 is 4.64. The molecule has 0 heterocycles. The Labute approximate surface area is 28.7 Å². The fraction of sp³-hybridized carbons (Fsp3) is 0. The minimum absolute atomic E-state index is 0.778. The molecule has 1 N–H and O–H groups in total. The number of halogens is 1. The highest BCUT2D eigenvalue weighted by molar-refractivity contribution is 6.56. The van der Waals surface area contributed by atoms with Gasteiger partial charge >= 0.3 is 0 Å². The van der Waals surface area contributed by atoms with E-state index in [1.54, 1.807) is 0 Å². The van der Waals surface area contributed by atoms with Crippen LogP contribution in [-0.2, 0) is 0 Å². The summed E-state index contributed by atoms with van der Waals surface area (Å²) in [6.45, 7) is 0. The molecule has 24 valence electrons. The van der Waals surface area contributed by atoms with Gasteiger partial charge in [-0.2, -0.15) is 0 Å². The van der Waals surface area contributed by atoms with Gasteiger partial charge in [-0.3, -0.25) is 0 Å². The lowest BCUT2D eigenvalue weighted by atomic mass is 11.7. The molecule has 0 atom stereocenters. The third-order valence-electron chi connectivity index (χ3n) is 0.0436. The molecule has 0 fully saturated rings. The quantitative estimate of drug-likeness (QED) is 0.258. The second-order valence-electron chi connectivity index (χ2n) is 0.213. The SMILES string of the molecule is ON=CCl. The van der Waals surface area contributed by atoms with E-state index < -0.39 is 0 Å². The Morgan fingerprint density at radius 2 is 2.25 bits per heavy atom. The van der Waals surface area contributed by atoms with Crippen molar-refractivity contribution in [3.05, 3.63) is 0 Å². The fourth-order valence-electron chi connectivity index (χ4n) is 0. The van der Waals surface area contributed by atoms with Gasteiger partial charge in [0.15, 0.2) is 0 Å². The Bertz CT molecular complexity index is 23.2. The molecular formula is CH2ClNO. The van der Waals surface area contributed by atoms with Crippen LogP contribution in [0.25, 0.3) is 0 Å². The van der Waals surface area contributed by atoms with Gasteiger partial charge in [-0.1, -0.05) is 16.8 Å². The van der Waals surface area contributed by atoms with Crippen molar-refractivity contribution in [1.82, 2.24) is 0 Å². The van der Waals surface area contributed by atoms with E-state index in [4.69, 9.17) is 5.21 Å². The molecule has 0 aromatic rings. The number of hydrogen-bond donors (Lipinski definition) is 1. The summed E-state index contributed by atoms with van der Waals surface area (Å²) in [5.74, 6) is 0. The molecule has 3 heteroatoms. The Morgan fingerprint density at radius 3 is 2.25 bits per heavy atom. The molecule has 0 saturated carbocycles. The first-order valence-corrected chi connectivity index (χ1v) is 1.11. The van der Waals surface area contributed by atoms with Crippen LogP contribution in [0.4, 0.5) is 0 Å². The van der Waals surface area contributed by atoms with Gasteiger partial charge in [-0.15, -0.1) is 0 Å². The average Bonchev–Trinajstić information content (AvgIpc) is 1.37. The highest BCUT2D eigenvalue weighted by Gasteiger charge is 1.38. The zero-order valence-electron chi connectivity index (χ0n) is 1.85. The summed E-state index contributed by atoms with van der Waals surface area (Å²) in [6, 6.07) is 0. The average molecular weight is 79.5 g/mol. The monoisotopic (exact) mass is 79.0 g/mol. The predicted molar refractivity (Wildman–Crippen MR) is 16.1 cm³/mol. The van der Waals surface area contributed by atoms with E-state index in [1.807, 2.05) is 0 Å². The van der Waals surface area contributed by atoms with Crippen molar-refractivity contribution in [2.45, 2.75) is 0 Å². The van der Waals surface area contributed by atoms with E-state index in [0.29, 0.717) is 0 Å². The topological polar surface area (TPSA) is 32.6 Å². The van der Waals surface area contributed by atoms with Gasteiger partial charge in [0.05, 0.1) is 0 Å². The lowest BCUT2D eigenvalue weighted by Gasteiger charge is -1.51. The van der Waals surface area contributed by atoms with Crippen LogP contribution in [0.2, 0.25) is 0 Å². The van der Waals surface area contributed by atoms with Crippen molar-refractivity contribution < 1.29 is 5.21 Å². The standard InChI is InChI=1S/CH2ClNO/c2-1-3-4/h1,4H. The van der Waals surface area contributed by atoms with Crippen molar-refractivity contribution in [1.29, 1.82) is 0 Å². The van der Waals surface area contributed by atoms with Crippen LogP contribution in [0.15, 0.2) is 5.16 Å². The second-order valence-corrected chi connectivity index (χ2v) is 0.408. The molecule has 0 radical (unpaired) electrons. The minimum atomic E-state index is 0.778. The molecule has 0 aliphatic carbocycles. The van der Waals surface area contributed by atoms with Crippen molar-refractivity contribution in [2.75, 3.05) is 0 Å². The van der Waals surface area contributed by atoms with E-state index in [0.717, 1.165) is 5.67 Å². The highest BCUT2D eigenvalue weighted by Crippen LogP contribution is 1.53. The zero-order valence-corrected chi connectivity index (χ0v) is 2.61. The van der Waals surface area contributed by atoms with Crippen LogP contribution in [0.5, 0.6) is 0 Å². The van der Waals surface area contributed by atoms with Crippen LogP contribution in [0.1, 0.15) is 0 Å². The molecule has 0 saturated heterocycles. The van der Waals surface area contributed by atoms with Crippen molar-refractivity contribution in [3.63, 3.8) is 0 Å². The summed E-state index contributed by atoms with van der Waals surface area (Å²) in [7, 11) is 0. The Morgan fingerprint density at radius 1 is 2.00 bits per heavy atom. The molecular weight excluding hydrogens is 77.5 g/mol. The summed E-state index contributed by atoms with van der Waals surface area (Å²) < 4.78 is 0. The van der Waals surface area contributed by atoms with E-state index in [1.165, 1.54) is 0 Å². The molecule has 0 aliphatic heterocycles. The van der Waals surface area contributed by atoms with E-state index >= 15 is 0 Å². The third-order valence-corrected chi connectivity index (χ3v) is 0.131. The van der Waals surface area contributed by atoms with Gasteiger partial charge in [0, 0.05) is 0 Å². The molecule has 0 aromatic heterocycles. The molecule has 0 spiro atoms. The Kier molecular flexibility index (Phi) is 2.59. The Hall–Kier alpha value is -0.240. The maximum atomic E-state index is 7.31. The summed E-state index contributed by atoms with van der Waals surface area (Å²) in [5.41, 5.74) is 0.778. The summed E-state index contributed by atoms with van der Waals surface area (Å²) in [5, 5.41) is 9.69. The van der Waals surface area contributed by atoms with Crippen LogP contribution in [-0.4, -0.2) is 10.9 Å². The lowest BCUT2D eigenvalue weighted by molar-refractivity contribution is 0.323. The van der Waals surface area contributed by atoms with Gasteiger partial charge in [0.2, 0.25) is 0 Å². The number of oxime groups is 1. The second kappa shape index (κ2) is 2.76. The summed E-state index contributed by atoms with van der Waals surface area (Å²) in [4.78, 5) is 0. The van der Waals surface area contributed by atoms with Crippen molar-refractivity contribution in [3.8, 4) is 0 Å². The van der Waals surface area contributed by atoms with Gasteiger partial charge < -0.3 is 5.21 Å². The summed E-state index contributed by atoms with van der Waals surface area (Å²) in [6.07, 6.45) is 0. The molecule has 0 aliphatic rings. The van der Waals surface area contributed by atoms with Crippen molar-refractivity contribution >= 4 is 17.3 Å². The number of rotatable bonds is 0. The van der Waals surface area contributed by atoms with Gasteiger partial charge in [0.25, 0.3) is 0 Å². The normalized spacial score (nSPS) is 9.25. The largest absolute Gasteiger partial charge is 0.410 e. The van der Waals surface area contributed by atoms with Crippen molar-refractivity contribution in [2.24, 2.45) is 5.16 Å². The zero-order chi connectivity index (χ0) is 3.41. The molecule has 4 heavy (non-hydrogen) atoms. The highest BCUT2D eigenvalue weighted by atomic mass is 35.5. The third kappa shape index (κ3) is 1.76. The maximum absolute atomic E-state index is 7.31. The minimum Gasteiger partial charge on any atom is -0.410 e. The van der Waals surface area contributed by atoms with E-state index in [2.05, 4.69) is 16.8 Å². The molecule has 0 aromatic carbocycles. The molecule has 0 rings (SSSR count). The van der Waals surface area contributed by atoms with Crippen LogP contribution >= 0.6 is 11.6 Å². The number of hydrogen-bond acceptors (Lipinski definition) is 2. The smallest absolute Gasteiger partial charge is 0.132 e. The predicted octanol–water partition coefficient (Wildman–Crippen LogP) is 0.643. The van der Waals surface area contributed by atoms with Gasteiger partial charge in [-0.25, -0.2) is 0 Å². The van der Waals surface area contributed by atoms with Crippen LogP contribution < -0.4 is 0 Å². The fourth-order valence-corrected chi connectivity index (χ4v) is 0. The molecule has 2 nitrogen and oxygen atoms in total. The molecule has 0 bridgehead atoms. The first-order chi connectivity index (χ1) is 1.91. The first kappa shape index (κ1) is 3.76. The van der Waals surface area contributed by atoms with Gasteiger partial charge in [0.1, 0.15) is 5.67 Å². The van der Waals surface area contributed by atoms with E-state index in [9.17, 15) is 0 Å². The van der Waals surface area contributed by atoms with Gasteiger partial charge in [-0.05, 0) is 0 Å². The maximum Gasteiger partial charge on any atom is 0.132 e. The van der Waals surface area contributed by atoms with E-state index in [-0.39, 0.29) is 0 Å². The van der Waals surface area contributed by atoms with Crippen LogP contribution in [0, 0.1) is 0 Å². The lowest BCUT2D eigenvalue weighted by Crippen LogP contribution is -1.43. The molecule has 0 amide bonds. The number of nitrogens with zero attached hydrogens (tertiary/aromatic N) is 1. The van der Waals surface area contributed by atoms with Crippen LogP contribution in [0.3, 0.4) is 0 Å².